The number of rotatable bonds is 1. The van der Waals surface area contributed by atoms with Gasteiger partial charge in [-0.25, -0.2) is 0 Å². The third-order valence-electron chi connectivity index (χ3n) is 3.41. The Bertz CT molecular complexity index is 358. The molecule has 2 rings (SSSR count). The highest BCUT2D eigenvalue weighted by atomic mass is 16.3. The van der Waals surface area contributed by atoms with Crippen molar-refractivity contribution < 1.29 is 9.90 Å². The summed E-state index contributed by atoms with van der Waals surface area (Å²) in [6, 6.07) is 9.35. The van der Waals surface area contributed by atoms with Crippen molar-refractivity contribution in [3.05, 3.63) is 35.9 Å². The minimum Gasteiger partial charge on any atom is -0.377 e. The van der Waals surface area contributed by atoms with Crippen LogP contribution in [0.5, 0.6) is 0 Å². The molecule has 2 nitrogen and oxygen atoms in total. The van der Waals surface area contributed by atoms with Gasteiger partial charge < -0.3 is 5.11 Å². The summed E-state index contributed by atoms with van der Waals surface area (Å²) in [5.74, 6) is -0.0154. The van der Waals surface area contributed by atoms with Gasteiger partial charge in [0.15, 0.2) is 5.78 Å². The van der Waals surface area contributed by atoms with Gasteiger partial charge in [0, 0.05) is 6.42 Å². The van der Waals surface area contributed by atoms with E-state index in [4.69, 9.17) is 0 Å². The molecule has 0 unspecified atom stereocenters. The molecule has 16 heavy (non-hydrogen) atoms. The van der Waals surface area contributed by atoms with E-state index >= 15 is 0 Å². The molecule has 0 amide bonds. The van der Waals surface area contributed by atoms with E-state index in [2.05, 4.69) is 0 Å². The summed E-state index contributed by atoms with van der Waals surface area (Å²) < 4.78 is 0. The maximum Gasteiger partial charge on any atom is 0.168 e. The second-order valence-corrected chi connectivity index (χ2v) is 4.56. The van der Waals surface area contributed by atoms with Crippen molar-refractivity contribution in [2.24, 2.45) is 0 Å². The Morgan fingerprint density at radius 2 is 1.69 bits per heavy atom. The zero-order valence-electron chi connectivity index (χ0n) is 9.48. The molecule has 86 valence electrons. The van der Waals surface area contributed by atoms with Crippen LogP contribution in [0.1, 0.15) is 44.1 Å². The lowest BCUT2D eigenvalue weighted by Gasteiger charge is -2.29. The molecule has 0 heterocycles. The summed E-state index contributed by atoms with van der Waals surface area (Å²) >= 11 is 0. The highest BCUT2D eigenvalue weighted by Crippen LogP contribution is 2.32. The van der Waals surface area contributed by atoms with Gasteiger partial charge in [-0.3, -0.25) is 4.79 Å². The molecule has 1 aliphatic carbocycles. The SMILES string of the molecule is O=C1CCCCCC[C@]1(O)c1ccccc1. The van der Waals surface area contributed by atoms with Gasteiger partial charge in [0.1, 0.15) is 5.60 Å². The van der Waals surface area contributed by atoms with Crippen LogP contribution >= 0.6 is 0 Å². The van der Waals surface area contributed by atoms with Crippen molar-refractivity contribution in [2.75, 3.05) is 0 Å². The number of hydrogen-bond acceptors (Lipinski definition) is 2. The lowest BCUT2D eigenvalue weighted by atomic mass is 9.81. The van der Waals surface area contributed by atoms with Crippen LogP contribution in [0.15, 0.2) is 30.3 Å². The van der Waals surface area contributed by atoms with Crippen molar-refractivity contribution in [3.8, 4) is 0 Å². The van der Waals surface area contributed by atoms with Crippen LogP contribution in [0.4, 0.5) is 0 Å². The van der Waals surface area contributed by atoms with Gasteiger partial charge in [-0.15, -0.1) is 0 Å². The highest BCUT2D eigenvalue weighted by molar-refractivity contribution is 5.88. The molecule has 0 bridgehead atoms. The van der Waals surface area contributed by atoms with Gasteiger partial charge in [-0.05, 0) is 24.8 Å². The minimum atomic E-state index is -1.23. The Balaban J connectivity index is 2.29. The van der Waals surface area contributed by atoms with Gasteiger partial charge in [0.25, 0.3) is 0 Å². The molecule has 1 atom stereocenters. The monoisotopic (exact) mass is 218 g/mol. The lowest BCUT2D eigenvalue weighted by Crippen LogP contribution is -2.36. The predicted molar refractivity (Wildman–Crippen MR) is 63.0 cm³/mol. The molecule has 1 fully saturated rings. The Morgan fingerprint density at radius 1 is 1.00 bits per heavy atom. The average Bonchev–Trinajstić information content (AvgIpc) is 2.32. The molecule has 0 radical (unpaired) electrons. The van der Waals surface area contributed by atoms with E-state index in [1.165, 1.54) is 0 Å². The number of Topliss-reactive ketones (excluding diaryl/α,β-unsaturated/α-hetero) is 1. The lowest BCUT2D eigenvalue weighted by molar-refractivity contribution is -0.140. The fraction of sp³-hybridized carbons (Fsp3) is 0.500. The first-order valence-corrected chi connectivity index (χ1v) is 6.05. The average molecular weight is 218 g/mol. The quantitative estimate of drug-likeness (QED) is 0.787. The summed E-state index contributed by atoms with van der Waals surface area (Å²) in [6.07, 6.45) is 5.13. The fourth-order valence-electron chi connectivity index (χ4n) is 2.39. The minimum absolute atomic E-state index is 0.0154. The summed E-state index contributed by atoms with van der Waals surface area (Å²) in [5, 5.41) is 10.6. The number of hydrogen-bond donors (Lipinski definition) is 1. The molecule has 0 spiro atoms. The van der Waals surface area contributed by atoms with Crippen LogP contribution in [0.3, 0.4) is 0 Å². The first kappa shape index (κ1) is 11.3. The smallest absolute Gasteiger partial charge is 0.168 e. The van der Waals surface area contributed by atoms with E-state index < -0.39 is 5.60 Å². The van der Waals surface area contributed by atoms with Gasteiger partial charge in [-0.1, -0.05) is 43.2 Å². The van der Waals surface area contributed by atoms with Crippen LogP contribution in [0.2, 0.25) is 0 Å². The Hall–Kier alpha value is -1.15. The van der Waals surface area contributed by atoms with Gasteiger partial charge in [-0.2, -0.15) is 0 Å². The van der Waals surface area contributed by atoms with E-state index in [0.29, 0.717) is 12.8 Å². The molecule has 0 aromatic heterocycles. The van der Waals surface area contributed by atoms with Crippen LogP contribution in [-0.2, 0) is 10.4 Å². The van der Waals surface area contributed by atoms with E-state index in [1.54, 1.807) is 0 Å². The number of carbonyl (C=O) groups is 1. The summed E-state index contributed by atoms with van der Waals surface area (Å²) in [7, 11) is 0. The Kier molecular flexibility index (Phi) is 3.39. The number of ketones is 1. The first-order chi connectivity index (χ1) is 7.73. The number of carbonyl (C=O) groups excluding carboxylic acids is 1. The van der Waals surface area contributed by atoms with Crippen molar-refractivity contribution >= 4 is 5.78 Å². The molecule has 1 aromatic rings. The molecule has 1 N–H and O–H groups in total. The Labute approximate surface area is 96.3 Å². The van der Waals surface area contributed by atoms with Crippen molar-refractivity contribution in [3.63, 3.8) is 0 Å². The molecule has 1 saturated carbocycles. The molecule has 1 aromatic carbocycles. The normalized spacial score (nSPS) is 27.2. The summed E-state index contributed by atoms with van der Waals surface area (Å²) in [5.41, 5.74) is -0.483. The third kappa shape index (κ3) is 2.17. The zero-order valence-corrected chi connectivity index (χ0v) is 9.48. The van der Waals surface area contributed by atoms with E-state index in [-0.39, 0.29) is 5.78 Å². The molecule has 0 aliphatic heterocycles. The second-order valence-electron chi connectivity index (χ2n) is 4.56. The Morgan fingerprint density at radius 3 is 2.44 bits per heavy atom. The van der Waals surface area contributed by atoms with Crippen LogP contribution in [-0.4, -0.2) is 10.9 Å². The second kappa shape index (κ2) is 4.79. The van der Waals surface area contributed by atoms with E-state index in [0.717, 1.165) is 31.2 Å². The maximum absolute atomic E-state index is 12.0. The maximum atomic E-state index is 12.0. The van der Waals surface area contributed by atoms with Crippen LogP contribution in [0, 0.1) is 0 Å². The van der Waals surface area contributed by atoms with Gasteiger partial charge >= 0.3 is 0 Å². The standard InChI is InChI=1S/C14H18O2/c15-13-10-6-1-2-7-11-14(13,16)12-8-4-3-5-9-12/h3-5,8-9,16H,1-2,6-7,10-11H2/t14-/m0/s1. The van der Waals surface area contributed by atoms with Crippen molar-refractivity contribution in [2.45, 2.75) is 44.1 Å². The summed E-state index contributed by atoms with van der Waals surface area (Å²) in [6.45, 7) is 0. The molecule has 0 saturated heterocycles. The van der Waals surface area contributed by atoms with Crippen LogP contribution < -0.4 is 0 Å². The fourth-order valence-corrected chi connectivity index (χ4v) is 2.39. The molecule has 2 heteroatoms. The van der Waals surface area contributed by atoms with Gasteiger partial charge in [0.05, 0.1) is 0 Å². The summed E-state index contributed by atoms with van der Waals surface area (Å²) in [4.78, 5) is 12.0. The van der Waals surface area contributed by atoms with Crippen molar-refractivity contribution in [1.82, 2.24) is 0 Å². The molecular weight excluding hydrogens is 200 g/mol. The largest absolute Gasteiger partial charge is 0.377 e. The number of benzene rings is 1. The highest BCUT2D eigenvalue weighted by Gasteiger charge is 2.36. The molecule has 1 aliphatic rings. The zero-order chi connectivity index (χ0) is 11.4. The first-order valence-electron chi connectivity index (χ1n) is 6.05. The number of aliphatic hydroxyl groups is 1. The molecular formula is C14H18O2. The topological polar surface area (TPSA) is 37.3 Å². The predicted octanol–water partition coefficient (Wildman–Crippen LogP) is 2.80. The van der Waals surface area contributed by atoms with Crippen molar-refractivity contribution in [1.29, 1.82) is 0 Å². The van der Waals surface area contributed by atoms with E-state index in [1.807, 2.05) is 30.3 Å². The van der Waals surface area contributed by atoms with E-state index in [9.17, 15) is 9.90 Å². The van der Waals surface area contributed by atoms with Crippen LogP contribution in [0.25, 0.3) is 0 Å². The van der Waals surface area contributed by atoms with Gasteiger partial charge in [0.2, 0.25) is 0 Å². The third-order valence-corrected chi connectivity index (χ3v) is 3.41.